The van der Waals surface area contributed by atoms with Gasteiger partial charge >= 0.3 is 0 Å². The van der Waals surface area contributed by atoms with Crippen molar-refractivity contribution in [3.05, 3.63) is 52.2 Å². The maximum Gasteiger partial charge on any atom is 0.243 e. The van der Waals surface area contributed by atoms with Gasteiger partial charge in [0.05, 0.1) is 4.90 Å². The number of sulfonamides is 1. The summed E-state index contributed by atoms with van der Waals surface area (Å²) in [5.74, 6) is -1.78. The maximum atomic E-state index is 13.3. The number of benzene rings is 1. The molecule has 0 unspecified atom stereocenters. The van der Waals surface area contributed by atoms with Crippen molar-refractivity contribution < 1.29 is 17.2 Å². The minimum atomic E-state index is -3.86. The number of nitrogens with zero attached hydrogens (tertiary/aromatic N) is 2. The van der Waals surface area contributed by atoms with Crippen LogP contribution < -0.4 is 0 Å². The highest BCUT2D eigenvalue weighted by molar-refractivity contribution is 7.89. The molecule has 2 heterocycles. The standard InChI is InChI=1S/C15H16F2N2O2S2/c16-12-8-13(17)10-15(9-12)23(20,21)19-5-3-18(4-6-19)11-14-2-1-7-22-14/h1-2,7-10H,3-6,11H2. The second-order valence-electron chi connectivity index (χ2n) is 5.36. The molecule has 1 saturated heterocycles. The number of hydrogen-bond donors (Lipinski definition) is 0. The lowest BCUT2D eigenvalue weighted by Crippen LogP contribution is -2.48. The summed E-state index contributed by atoms with van der Waals surface area (Å²) in [6.45, 7) is 2.60. The highest BCUT2D eigenvalue weighted by Gasteiger charge is 2.29. The van der Waals surface area contributed by atoms with E-state index in [1.54, 1.807) is 11.3 Å². The maximum absolute atomic E-state index is 13.3. The molecule has 1 fully saturated rings. The van der Waals surface area contributed by atoms with E-state index in [0.717, 1.165) is 18.7 Å². The molecule has 0 spiro atoms. The summed E-state index contributed by atoms with van der Waals surface area (Å²) in [6.07, 6.45) is 0. The van der Waals surface area contributed by atoms with Crippen LogP contribution in [0.25, 0.3) is 0 Å². The molecule has 0 amide bonds. The molecule has 1 aliphatic rings. The van der Waals surface area contributed by atoms with Crippen molar-refractivity contribution in [3.8, 4) is 0 Å². The van der Waals surface area contributed by atoms with Crippen LogP contribution in [-0.2, 0) is 16.6 Å². The zero-order chi connectivity index (χ0) is 16.4. The third kappa shape index (κ3) is 3.77. The summed E-state index contributed by atoms with van der Waals surface area (Å²) in [4.78, 5) is 3.07. The summed E-state index contributed by atoms with van der Waals surface area (Å²) < 4.78 is 52.8. The minimum Gasteiger partial charge on any atom is -0.296 e. The summed E-state index contributed by atoms with van der Waals surface area (Å²) in [5.41, 5.74) is 0. The molecule has 0 bridgehead atoms. The molecular formula is C15H16F2N2O2S2. The van der Waals surface area contributed by atoms with E-state index >= 15 is 0 Å². The van der Waals surface area contributed by atoms with E-state index in [2.05, 4.69) is 4.90 Å². The minimum absolute atomic E-state index is 0.311. The lowest BCUT2D eigenvalue weighted by molar-refractivity contribution is 0.183. The fourth-order valence-corrected chi connectivity index (χ4v) is 4.79. The van der Waals surface area contributed by atoms with Crippen molar-refractivity contribution in [3.63, 3.8) is 0 Å². The van der Waals surface area contributed by atoms with Crippen molar-refractivity contribution in [1.82, 2.24) is 9.21 Å². The molecule has 2 aromatic rings. The zero-order valence-corrected chi connectivity index (χ0v) is 13.9. The fraction of sp³-hybridized carbons (Fsp3) is 0.333. The highest BCUT2D eigenvalue weighted by atomic mass is 32.2. The Morgan fingerprint density at radius 3 is 2.26 bits per heavy atom. The van der Waals surface area contributed by atoms with Crippen molar-refractivity contribution in [1.29, 1.82) is 0 Å². The third-order valence-corrected chi connectivity index (χ3v) is 6.50. The lowest BCUT2D eigenvalue weighted by Gasteiger charge is -2.33. The summed E-state index contributed by atoms with van der Waals surface area (Å²) in [5, 5.41) is 2.01. The first kappa shape index (κ1) is 16.5. The van der Waals surface area contributed by atoms with E-state index in [9.17, 15) is 17.2 Å². The quantitative estimate of drug-likeness (QED) is 0.843. The molecule has 0 atom stereocenters. The first-order valence-electron chi connectivity index (χ1n) is 7.16. The van der Waals surface area contributed by atoms with Crippen LogP contribution >= 0.6 is 11.3 Å². The third-order valence-electron chi connectivity index (χ3n) is 3.76. The van der Waals surface area contributed by atoms with Gasteiger partial charge in [-0.05, 0) is 23.6 Å². The smallest absolute Gasteiger partial charge is 0.243 e. The van der Waals surface area contributed by atoms with Gasteiger partial charge in [0.1, 0.15) is 11.6 Å². The monoisotopic (exact) mass is 358 g/mol. The van der Waals surface area contributed by atoms with Gasteiger partial charge in [-0.2, -0.15) is 4.31 Å². The van der Waals surface area contributed by atoms with Crippen molar-refractivity contribution in [2.24, 2.45) is 0 Å². The number of rotatable bonds is 4. The Bertz CT molecular complexity index is 751. The Morgan fingerprint density at radius 2 is 1.70 bits per heavy atom. The van der Waals surface area contributed by atoms with Gasteiger partial charge in [0.15, 0.2) is 0 Å². The fourth-order valence-electron chi connectivity index (χ4n) is 2.58. The van der Waals surface area contributed by atoms with Crippen LogP contribution in [0.2, 0.25) is 0 Å². The van der Waals surface area contributed by atoms with E-state index in [4.69, 9.17) is 0 Å². The van der Waals surface area contributed by atoms with Crippen LogP contribution in [0.1, 0.15) is 4.88 Å². The predicted molar refractivity (Wildman–Crippen MR) is 84.7 cm³/mol. The normalized spacial score (nSPS) is 17.5. The van der Waals surface area contributed by atoms with Crippen LogP contribution in [0.5, 0.6) is 0 Å². The Hall–Kier alpha value is -1.35. The Kier molecular flexibility index (Phi) is 4.77. The summed E-state index contributed by atoms with van der Waals surface area (Å²) >= 11 is 1.67. The number of piperazine rings is 1. The van der Waals surface area contributed by atoms with Crippen LogP contribution in [0.3, 0.4) is 0 Å². The van der Waals surface area contributed by atoms with Crippen molar-refractivity contribution >= 4 is 21.4 Å². The van der Waals surface area contributed by atoms with Crippen LogP contribution in [0, 0.1) is 11.6 Å². The van der Waals surface area contributed by atoms with Crippen LogP contribution in [0.15, 0.2) is 40.6 Å². The molecule has 23 heavy (non-hydrogen) atoms. The van der Waals surface area contributed by atoms with Gasteiger partial charge in [0, 0.05) is 43.7 Å². The van der Waals surface area contributed by atoms with Crippen LogP contribution in [0.4, 0.5) is 8.78 Å². The predicted octanol–water partition coefficient (Wildman–Crippen LogP) is 2.53. The van der Waals surface area contributed by atoms with E-state index in [-0.39, 0.29) is 4.90 Å². The molecule has 0 N–H and O–H groups in total. The SMILES string of the molecule is O=S(=O)(c1cc(F)cc(F)c1)N1CCN(Cc2cccs2)CC1. The largest absolute Gasteiger partial charge is 0.296 e. The molecule has 0 aliphatic carbocycles. The second-order valence-corrected chi connectivity index (χ2v) is 8.33. The molecule has 3 rings (SSSR count). The van der Waals surface area contributed by atoms with Gasteiger partial charge in [0.2, 0.25) is 10.0 Å². The average molecular weight is 358 g/mol. The first-order chi connectivity index (χ1) is 10.9. The Balaban J connectivity index is 1.68. The van der Waals surface area contributed by atoms with Gasteiger partial charge in [-0.25, -0.2) is 17.2 Å². The zero-order valence-electron chi connectivity index (χ0n) is 12.3. The van der Waals surface area contributed by atoms with Crippen LogP contribution in [-0.4, -0.2) is 43.8 Å². The molecule has 124 valence electrons. The van der Waals surface area contributed by atoms with Crippen molar-refractivity contribution in [2.45, 2.75) is 11.4 Å². The van der Waals surface area contributed by atoms with Gasteiger partial charge in [0.25, 0.3) is 0 Å². The molecule has 0 saturated carbocycles. The molecule has 1 aromatic heterocycles. The second kappa shape index (κ2) is 6.64. The van der Waals surface area contributed by atoms with Gasteiger partial charge in [-0.1, -0.05) is 6.07 Å². The van der Waals surface area contributed by atoms with E-state index < -0.39 is 21.7 Å². The Morgan fingerprint density at radius 1 is 1.04 bits per heavy atom. The molecule has 8 heteroatoms. The van der Waals surface area contributed by atoms with Gasteiger partial charge in [-0.15, -0.1) is 11.3 Å². The number of hydrogen-bond acceptors (Lipinski definition) is 4. The summed E-state index contributed by atoms with van der Waals surface area (Å²) in [7, 11) is -3.86. The van der Waals surface area contributed by atoms with E-state index in [1.165, 1.54) is 9.18 Å². The molecule has 0 radical (unpaired) electrons. The molecular weight excluding hydrogens is 342 g/mol. The summed E-state index contributed by atoms with van der Waals surface area (Å²) in [6, 6.07) is 6.41. The molecule has 1 aliphatic heterocycles. The van der Waals surface area contributed by atoms with E-state index in [1.807, 2.05) is 17.5 Å². The molecule has 1 aromatic carbocycles. The number of halogens is 2. The first-order valence-corrected chi connectivity index (χ1v) is 9.48. The molecule has 4 nitrogen and oxygen atoms in total. The van der Waals surface area contributed by atoms with Gasteiger partial charge in [-0.3, -0.25) is 4.90 Å². The highest BCUT2D eigenvalue weighted by Crippen LogP contribution is 2.21. The van der Waals surface area contributed by atoms with Crippen molar-refractivity contribution in [2.75, 3.05) is 26.2 Å². The topological polar surface area (TPSA) is 40.6 Å². The Labute approximate surface area is 138 Å². The lowest BCUT2D eigenvalue weighted by atomic mass is 10.3. The van der Waals surface area contributed by atoms with Gasteiger partial charge < -0.3 is 0 Å². The van der Waals surface area contributed by atoms with E-state index in [0.29, 0.717) is 32.2 Å². The number of thiophene rings is 1. The average Bonchev–Trinajstić information content (AvgIpc) is 3.00.